The van der Waals surface area contributed by atoms with E-state index in [1.165, 1.54) is 5.56 Å². The molecule has 0 fully saturated rings. The molecular weight excluding hydrogens is 257 g/mol. The Morgan fingerprint density at radius 3 is 2.43 bits per heavy atom. The summed E-state index contributed by atoms with van der Waals surface area (Å²) in [6, 6.07) is 18.4. The largest absolute Gasteiger partial charge is 0.245 e. The second-order valence-corrected chi connectivity index (χ2v) is 4.98. The number of hydrogen-bond donors (Lipinski definition) is 0. The lowest BCUT2D eigenvalue weighted by Gasteiger charge is -2.09. The summed E-state index contributed by atoms with van der Waals surface area (Å²) < 4.78 is 1.89. The predicted molar refractivity (Wildman–Crippen MR) is 86.2 cm³/mol. The zero-order chi connectivity index (χ0) is 14.7. The van der Waals surface area contributed by atoms with Gasteiger partial charge in [0, 0.05) is 17.7 Å². The van der Waals surface area contributed by atoms with Crippen LogP contribution in [0.5, 0.6) is 0 Å². The maximum absolute atomic E-state index is 5.70. The van der Waals surface area contributed by atoms with Crippen LogP contribution in [0.15, 0.2) is 54.6 Å². The van der Waals surface area contributed by atoms with Crippen LogP contribution in [-0.2, 0) is 6.54 Å². The monoisotopic (exact) mass is 273 g/mol. The van der Waals surface area contributed by atoms with E-state index in [0.29, 0.717) is 12.9 Å². The van der Waals surface area contributed by atoms with E-state index in [9.17, 15) is 0 Å². The van der Waals surface area contributed by atoms with Crippen LogP contribution in [0.3, 0.4) is 0 Å². The average molecular weight is 273 g/mol. The van der Waals surface area contributed by atoms with E-state index in [2.05, 4.69) is 41.5 Å². The molecule has 4 heteroatoms. The molecule has 3 aromatic rings. The van der Waals surface area contributed by atoms with Crippen molar-refractivity contribution in [2.45, 2.75) is 19.8 Å². The van der Waals surface area contributed by atoms with Crippen LogP contribution in [0.25, 0.3) is 22.5 Å². The molecule has 0 aliphatic heterocycles. The number of rotatable bonds is 4. The molecule has 3 rings (SSSR count). The van der Waals surface area contributed by atoms with Gasteiger partial charge in [0.25, 0.3) is 0 Å². The Balaban J connectivity index is 2.21. The summed E-state index contributed by atoms with van der Waals surface area (Å²) in [4.78, 5) is 0. The second-order valence-electron chi connectivity index (χ2n) is 4.98. The molecule has 102 valence electrons. The molecule has 21 heavy (non-hydrogen) atoms. The highest BCUT2D eigenvalue weighted by atomic mass is 15.4. The van der Waals surface area contributed by atoms with Crippen molar-refractivity contribution < 1.29 is 0 Å². The quantitative estimate of drug-likeness (QED) is 0.681. The standard InChI is InChI=1S/C17H16BN3/c1-13-7-5-6-10-15(13)16-17(14-8-3-2-4-9-14)21(12-11-18)20-19-16/h2-10H,11-12H2,1H3. The molecule has 1 heterocycles. The van der Waals surface area contributed by atoms with Gasteiger partial charge in [0.1, 0.15) is 5.69 Å². The first-order chi connectivity index (χ1) is 10.3. The van der Waals surface area contributed by atoms with Crippen molar-refractivity contribution >= 4 is 7.85 Å². The Labute approximate surface area is 126 Å². The normalized spacial score (nSPS) is 10.7. The van der Waals surface area contributed by atoms with Gasteiger partial charge in [-0.15, -0.1) is 5.10 Å². The van der Waals surface area contributed by atoms with Crippen LogP contribution >= 0.6 is 0 Å². The molecule has 3 nitrogen and oxygen atoms in total. The van der Waals surface area contributed by atoms with E-state index in [-0.39, 0.29) is 0 Å². The third-order valence-electron chi connectivity index (χ3n) is 3.52. The summed E-state index contributed by atoms with van der Waals surface area (Å²) in [5.74, 6) is 0. The summed E-state index contributed by atoms with van der Waals surface area (Å²) >= 11 is 0. The van der Waals surface area contributed by atoms with Gasteiger partial charge in [-0.1, -0.05) is 66.1 Å². The topological polar surface area (TPSA) is 30.7 Å². The van der Waals surface area contributed by atoms with Gasteiger partial charge in [-0.25, -0.2) is 4.68 Å². The lowest BCUT2D eigenvalue weighted by atomic mass is 10.0. The van der Waals surface area contributed by atoms with Gasteiger partial charge >= 0.3 is 0 Å². The van der Waals surface area contributed by atoms with Crippen molar-refractivity contribution in [2.24, 2.45) is 0 Å². The minimum atomic E-state index is 0.538. The molecule has 0 N–H and O–H groups in total. The van der Waals surface area contributed by atoms with Crippen LogP contribution in [0, 0.1) is 6.92 Å². The molecule has 0 amide bonds. The van der Waals surface area contributed by atoms with Crippen LogP contribution < -0.4 is 0 Å². The van der Waals surface area contributed by atoms with Gasteiger partial charge in [-0.3, -0.25) is 0 Å². The maximum atomic E-state index is 5.70. The van der Waals surface area contributed by atoms with E-state index >= 15 is 0 Å². The van der Waals surface area contributed by atoms with Gasteiger partial charge in [-0.2, -0.15) is 0 Å². The summed E-state index contributed by atoms with van der Waals surface area (Å²) in [6.07, 6.45) is 0.538. The molecular formula is C17H16BN3. The van der Waals surface area contributed by atoms with Crippen molar-refractivity contribution in [3.05, 3.63) is 60.2 Å². The molecule has 2 aromatic carbocycles. The van der Waals surface area contributed by atoms with E-state index in [0.717, 1.165) is 22.5 Å². The Morgan fingerprint density at radius 1 is 1.00 bits per heavy atom. The molecule has 1 aromatic heterocycles. The van der Waals surface area contributed by atoms with Gasteiger partial charge in [0.2, 0.25) is 0 Å². The van der Waals surface area contributed by atoms with Gasteiger partial charge in [0.05, 0.1) is 13.5 Å². The van der Waals surface area contributed by atoms with E-state index in [1.807, 2.05) is 35.0 Å². The average Bonchev–Trinajstić information content (AvgIpc) is 2.92. The fourth-order valence-electron chi connectivity index (χ4n) is 2.49. The smallest absolute Gasteiger partial charge is 0.121 e. The van der Waals surface area contributed by atoms with Crippen LogP contribution in [-0.4, -0.2) is 22.8 Å². The highest BCUT2D eigenvalue weighted by Gasteiger charge is 2.17. The van der Waals surface area contributed by atoms with Crippen molar-refractivity contribution in [1.29, 1.82) is 0 Å². The van der Waals surface area contributed by atoms with Crippen LogP contribution in [0.4, 0.5) is 0 Å². The first kappa shape index (κ1) is 13.6. The summed E-state index contributed by atoms with van der Waals surface area (Å²) in [7, 11) is 5.70. The van der Waals surface area contributed by atoms with Crippen molar-refractivity contribution in [1.82, 2.24) is 15.0 Å². The lowest BCUT2D eigenvalue weighted by Crippen LogP contribution is -2.02. The highest BCUT2D eigenvalue weighted by molar-refractivity contribution is 6.08. The minimum absolute atomic E-state index is 0.538. The van der Waals surface area contributed by atoms with Gasteiger partial charge in [-0.05, 0) is 12.5 Å². The Morgan fingerprint density at radius 2 is 1.71 bits per heavy atom. The predicted octanol–water partition coefficient (Wildman–Crippen LogP) is 3.51. The number of hydrogen-bond acceptors (Lipinski definition) is 2. The Kier molecular flexibility index (Phi) is 3.86. The SMILES string of the molecule is [B]CCn1nnc(-c2ccccc2C)c1-c1ccccc1. The zero-order valence-corrected chi connectivity index (χ0v) is 12.0. The van der Waals surface area contributed by atoms with Crippen molar-refractivity contribution in [3.8, 4) is 22.5 Å². The van der Waals surface area contributed by atoms with Gasteiger partial charge in [0.15, 0.2) is 0 Å². The van der Waals surface area contributed by atoms with Crippen LogP contribution in [0.1, 0.15) is 5.56 Å². The fourth-order valence-corrected chi connectivity index (χ4v) is 2.49. The Hall–Kier alpha value is -2.36. The number of aryl methyl sites for hydroxylation is 2. The third-order valence-corrected chi connectivity index (χ3v) is 3.52. The van der Waals surface area contributed by atoms with Crippen molar-refractivity contribution in [3.63, 3.8) is 0 Å². The molecule has 0 atom stereocenters. The lowest BCUT2D eigenvalue weighted by molar-refractivity contribution is 0.632. The van der Waals surface area contributed by atoms with E-state index < -0.39 is 0 Å². The number of aromatic nitrogens is 3. The fraction of sp³-hybridized carbons (Fsp3) is 0.176. The highest BCUT2D eigenvalue weighted by Crippen LogP contribution is 2.31. The summed E-state index contributed by atoms with van der Waals surface area (Å²) in [5.41, 5.74) is 5.34. The molecule has 0 aliphatic carbocycles. The number of nitrogens with zero attached hydrogens (tertiary/aromatic N) is 3. The molecule has 0 bridgehead atoms. The van der Waals surface area contributed by atoms with E-state index in [1.54, 1.807) is 0 Å². The Bertz CT molecular complexity index is 735. The first-order valence-corrected chi connectivity index (χ1v) is 7.06. The van der Waals surface area contributed by atoms with E-state index in [4.69, 9.17) is 7.85 Å². The number of benzene rings is 2. The molecule has 0 saturated heterocycles. The minimum Gasteiger partial charge on any atom is -0.245 e. The zero-order valence-electron chi connectivity index (χ0n) is 12.0. The maximum Gasteiger partial charge on any atom is 0.121 e. The van der Waals surface area contributed by atoms with Gasteiger partial charge < -0.3 is 0 Å². The first-order valence-electron chi connectivity index (χ1n) is 7.06. The molecule has 0 aliphatic rings. The summed E-state index contributed by atoms with van der Waals surface area (Å²) in [5, 5.41) is 8.69. The third kappa shape index (κ3) is 2.61. The second kappa shape index (κ2) is 5.96. The molecule has 0 saturated carbocycles. The van der Waals surface area contributed by atoms with Crippen LogP contribution in [0.2, 0.25) is 6.32 Å². The summed E-state index contributed by atoms with van der Waals surface area (Å²) in [6.45, 7) is 2.75. The molecule has 0 spiro atoms. The molecule has 0 unspecified atom stereocenters. The van der Waals surface area contributed by atoms with Crippen molar-refractivity contribution in [2.75, 3.05) is 0 Å². The molecule has 2 radical (unpaired) electrons.